The first-order valence-corrected chi connectivity index (χ1v) is 6.42. The van der Waals surface area contributed by atoms with Crippen LogP contribution in [0.25, 0.3) is 0 Å². The first kappa shape index (κ1) is 10.8. The minimum absolute atomic E-state index is 0.163. The zero-order valence-electron chi connectivity index (χ0n) is 9.96. The lowest BCUT2D eigenvalue weighted by atomic mass is 9.97. The van der Waals surface area contributed by atoms with Crippen molar-refractivity contribution in [2.75, 3.05) is 6.54 Å². The molecule has 1 aliphatic carbocycles. The largest absolute Gasteiger partial charge is 0.353 e. The first-order valence-electron chi connectivity index (χ1n) is 6.42. The summed E-state index contributed by atoms with van der Waals surface area (Å²) < 4.78 is 0. The van der Waals surface area contributed by atoms with E-state index in [-0.39, 0.29) is 5.91 Å². The van der Waals surface area contributed by atoms with Crippen LogP contribution in [0.15, 0.2) is 18.2 Å². The zero-order valence-corrected chi connectivity index (χ0v) is 9.96. The molecule has 1 aromatic rings. The van der Waals surface area contributed by atoms with Gasteiger partial charge >= 0.3 is 0 Å². The number of carbonyl (C=O) groups excluding carboxylic acids is 1. The molecule has 0 atom stereocenters. The second-order valence-corrected chi connectivity index (χ2v) is 5.05. The van der Waals surface area contributed by atoms with Gasteiger partial charge in [0.1, 0.15) is 0 Å². The number of hydrogen-bond acceptors (Lipinski definition) is 2. The average molecular weight is 230 g/mol. The minimum Gasteiger partial charge on any atom is -0.353 e. The van der Waals surface area contributed by atoms with Crippen molar-refractivity contribution in [2.45, 2.75) is 38.3 Å². The molecule has 1 amide bonds. The molecule has 2 N–H and O–H groups in total. The lowest BCUT2D eigenvalue weighted by Crippen LogP contribution is -2.27. The van der Waals surface area contributed by atoms with Crippen molar-refractivity contribution in [3.05, 3.63) is 34.9 Å². The Morgan fingerprint density at radius 1 is 1.35 bits per heavy atom. The molecule has 90 valence electrons. The van der Waals surface area contributed by atoms with Crippen LogP contribution in [-0.2, 0) is 24.2 Å². The van der Waals surface area contributed by atoms with Crippen LogP contribution in [0.3, 0.4) is 0 Å². The van der Waals surface area contributed by atoms with E-state index in [1.54, 1.807) is 0 Å². The highest BCUT2D eigenvalue weighted by Gasteiger charge is 2.23. The van der Waals surface area contributed by atoms with Gasteiger partial charge in [-0.3, -0.25) is 4.79 Å². The Labute approximate surface area is 102 Å². The smallest absolute Gasteiger partial charge is 0.224 e. The number of carbonyl (C=O) groups is 1. The Hall–Kier alpha value is -1.35. The lowest BCUT2D eigenvalue weighted by Gasteiger charge is -2.17. The molecular formula is C14H18N2O. The van der Waals surface area contributed by atoms with Gasteiger partial charge in [-0.05, 0) is 42.5 Å². The summed E-state index contributed by atoms with van der Waals surface area (Å²) >= 11 is 0. The van der Waals surface area contributed by atoms with Gasteiger partial charge < -0.3 is 10.6 Å². The summed E-state index contributed by atoms with van der Waals surface area (Å²) in [5.41, 5.74) is 3.91. The molecule has 0 saturated heterocycles. The van der Waals surface area contributed by atoms with Crippen LogP contribution in [0.1, 0.15) is 29.5 Å². The van der Waals surface area contributed by atoms with Gasteiger partial charge in [-0.1, -0.05) is 18.2 Å². The number of benzene rings is 1. The average Bonchev–Trinajstić information content (AvgIpc) is 3.12. The normalized spacial score (nSPS) is 18.6. The quantitative estimate of drug-likeness (QED) is 0.818. The van der Waals surface area contributed by atoms with Gasteiger partial charge in [-0.15, -0.1) is 0 Å². The Kier molecular flexibility index (Phi) is 2.85. The van der Waals surface area contributed by atoms with Crippen molar-refractivity contribution >= 4 is 5.91 Å². The topological polar surface area (TPSA) is 41.1 Å². The monoisotopic (exact) mass is 230 g/mol. The van der Waals surface area contributed by atoms with Gasteiger partial charge in [-0.2, -0.15) is 0 Å². The summed E-state index contributed by atoms with van der Waals surface area (Å²) in [6.07, 6.45) is 3.92. The van der Waals surface area contributed by atoms with Gasteiger partial charge in [0.25, 0.3) is 0 Å². The summed E-state index contributed by atoms with van der Waals surface area (Å²) in [5.74, 6) is 0.163. The zero-order chi connectivity index (χ0) is 11.7. The van der Waals surface area contributed by atoms with Gasteiger partial charge in [0.05, 0.1) is 6.42 Å². The molecule has 0 unspecified atom stereocenters. The van der Waals surface area contributed by atoms with Crippen LogP contribution in [0.4, 0.5) is 0 Å². The van der Waals surface area contributed by atoms with Crippen LogP contribution in [-0.4, -0.2) is 18.5 Å². The predicted molar refractivity (Wildman–Crippen MR) is 66.7 cm³/mol. The van der Waals surface area contributed by atoms with E-state index in [0.29, 0.717) is 12.5 Å². The van der Waals surface area contributed by atoms with Crippen molar-refractivity contribution in [3.63, 3.8) is 0 Å². The van der Waals surface area contributed by atoms with E-state index in [9.17, 15) is 4.79 Å². The number of hydrogen-bond donors (Lipinski definition) is 2. The number of rotatable bonds is 3. The predicted octanol–water partition coefficient (Wildman–Crippen LogP) is 1.15. The molecule has 1 fully saturated rings. The van der Waals surface area contributed by atoms with E-state index < -0.39 is 0 Å². The van der Waals surface area contributed by atoms with Crippen molar-refractivity contribution in [3.8, 4) is 0 Å². The van der Waals surface area contributed by atoms with E-state index in [1.165, 1.54) is 11.1 Å². The van der Waals surface area contributed by atoms with E-state index in [2.05, 4.69) is 28.8 Å². The third kappa shape index (κ3) is 2.67. The highest BCUT2D eigenvalue weighted by atomic mass is 16.1. The summed E-state index contributed by atoms with van der Waals surface area (Å²) in [5, 5.41) is 6.39. The fourth-order valence-corrected chi connectivity index (χ4v) is 2.34. The maximum atomic E-state index is 11.7. The van der Waals surface area contributed by atoms with Crippen molar-refractivity contribution < 1.29 is 4.79 Å². The number of fused-ring (bicyclic) bond motifs is 1. The van der Waals surface area contributed by atoms with E-state index in [4.69, 9.17) is 0 Å². The second kappa shape index (κ2) is 4.49. The fourth-order valence-electron chi connectivity index (χ4n) is 2.34. The van der Waals surface area contributed by atoms with Crippen LogP contribution in [0.2, 0.25) is 0 Å². The molecule has 1 heterocycles. The molecule has 0 spiro atoms. The third-order valence-corrected chi connectivity index (χ3v) is 3.46. The van der Waals surface area contributed by atoms with Crippen molar-refractivity contribution in [1.29, 1.82) is 0 Å². The molecule has 1 aromatic carbocycles. The summed E-state index contributed by atoms with van der Waals surface area (Å²) in [6.45, 7) is 2.00. The Balaban J connectivity index is 1.67. The molecule has 0 radical (unpaired) electrons. The molecule has 3 heteroatoms. The highest BCUT2D eigenvalue weighted by Crippen LogP contribution is 2.19. The van der Waals surface area contributed by atoms with Crippen LogP contribution in [0.5, 0.6) is 0 Å². The van der Waals surface area contributed by atoms with E-state index in [0.717, 1.165) is 37.9 Å². The van der Waals surface area contributed by atoms with Crippen LogP contribution < -0.4 is 10.6 Å². The third-order valence-electron chi connectivity index (χ3n) is 3.46. The Morgan fingerprint density at radius 2 is 2.24 bits per heavy atom. The maximum absolute atomic E-state index is 11.7. The molecule has 1 saturated carbocycles. The van der Waals surface area contributed by atoms with Crippen molar-refractivity contribution in [2.24, 2.45) is 0 Å². The summed E-state index contributed by atoms with van der Waals surface area (Å²) in [4.78, 5) is 11.7. The van der Waals surface area contributed by atoms with Gasteiger partial charge in [0, 0.05) is 12.6 Å². The first-order chi connectivity index (χ1) is 8.31. The molecule has 3 rings (SSSR count). The number of amides is 1. The van der Waals surface area contributed by atoms with Crippen molar-refractivity contribution in [1.82, 2.24) is 10.6 Å². The molecular weight excluding hydrogens is 212 g/mol. The Morgan fingerprint density at radius 3 is 3.06 bits per heavy atom. The number of nitrogens with one attached hydrogen (secondary N) is 2. The summed E-state index contributed by atoms with van der Waals surface area (Å²) in [6, 6.07) is 6.90. The lowest BCUT2D eigenvalue weighted by molar-refractivity contribution is -0.120. The van der Waals surface area contributed by atoms with E-state index >= 15 is 0 Å². The van der Waals surface area contributed by atoms with Gasteiger partial charge in [0.15, 0.2) is 0 Å². The minimum atomic E-state index is 0.163. The van der Waals surface area contributed by atoms with Crippen LogP contribution in [0, 0.1) is 0 Å². The molecule has 17 heavy (non-hydrogen) atoms. The van der Waals surface area contributed by atoms with Gasteiger partial charge in [0.2, 0.25) is 5.91 Å². The maximum Gasteiger partial charge on any atom is 0.224 e. The highest BCUT2D eigenvalue weighted by molar-refractivity contribution is 5.79. The SMILES string of the molecule is O=C(Cc1ccc2c(c1)CNCC2)NC1CC1. The second-order valence-electron chi connectivity index (χ2n) is 5.05. The molecule has 1 aliphatic heterocycles. The fraction of sp³-hybridized carbons (Fsp3) is 0.500. The molecule has 2 aliphatic rings. The summed E-state index contributed by atoms with van der Waals surface area (Å²) in [7, 11) is 0. The molecule has 0 bridgehead atoms. The van der Waals surface area contributed by atoms with Crippen LogP contribution >= 0.6 is 0 Å². The molecule has 0 aromatic heterocycles. The van der Waals surface area contributed by atoms with Gasteiger partial charge in [-0.25, -0.2) is 0 Å². The Bertz CT molecular complexity index is 438. The molecule has 3 nitrogen and oxygen atoms in total. The van der Waals surface area contributed by atoms with E-state index in [1.807, 2.05) is 0 Å². The standard InChI is InChI=1S/C14H18N2O/c17-14(16-13-3-4-13)8-10-1-2-11-5-6-15-9-12(11)7-10/h1-2,7,13,15H,3-6,8-9H2,(H,16,17).